The number of rotatable bonds is 3. The topological polar surface area (TPSA) is 3.24 Å². The molecule has 0 aliphatic rings. The average Bonchev–Trinajstić information content (AvgIpc) is 2.33. The van der Waals surface area contributed by atoms with Crippen molar-refractivity contribution in [3.05, 3.63) is 71.9 Å². The maximum absolute atomic E-state index is 12.7. The molecule has 87 valence electrons. The van der Waals surface area contributed by atoms with E-state index in [4.69, 9.17) is 0 Å². The third-order valence-electron chi connectivity index (χ3n) is 2.61. The molecule has 0 fully saturated rings. The Labute approximate surface area is 102 Å². The summed E-state index contributed by atoms with van der Waals surface area (Å²) >= 11 is 0. The van der Waals surface area contributed by atoms with Gasteiger partial charge in [0.25, 0.3) is 0 Å². The molecule has 0 atom stereocenters. The minimum Gasteiger partial charge on any atom is -0.378 e. The molecular weight excluding hydrogens is 213 g/mol. The van der Waals surface area contributed by atoms with Crippen LogP contribution >= 0.6 is 0 Å². The molecule has 0 bridgehead atoms. The van der Waals surface area contributed by atoms with Gasteiger partial charge in [0.05, 0.1) is 0 Å². The van der Waals surface area contributed by atoms with E-state index < -0.39 is 0 Å². The maximum atomic E-state index is 12.7. The Balaban J connectivity index is 2.11. The second-order valence-electron chi connectivity index (χ2n) is 4.18. The molecular formula is C15H15FN. The molecule has 2 aromatic rings. The number of anilines is 1. The number of hydrogen-bond acceptors (Lipinski definition) is 1. The van der Waals surface area contributed by atoms with Gasteiger partial charge in [0.15, 0.2) is 0 Å². The first-order valence-corrected chi connectivity index (χ1v) is 5.53. The molecule has 0 aliphatic heterocycles. The lowest BCUT2D eigenvalue weighted by atomic mass is 10.0. The molecule has 0 N–H and O–H groups in total. The van der Waals surface area contributed by atoms with Crippen LogP contribution in [0.25, 0.3) is 0 Å². The van der Waals surface area contributed by atoms with Gasteiger partial charge in [-0.2, -0.15) is 0 Å². The Morgan fingerprint density at radius 1 is 0.824 bits per heavy atom. The molecule has 2 aromatic carbocycles. The van der Waals surface area contributed by atoms with Gasteiger partial charge in [0.1, 0.15) is 5.82 Å². The largest absolute Gasteiger partial charge is 0.378 e. The number of halogens is 1. The van der Waals surface area contributed by atoms with Gasteiger partial charge in [-0.1, -0.05) is 24.3 Å². The van der Waals surface area contributed by atoms with Gasteiger partial charge >= 0.3 is 0 Å². The van der Waals surface area contributed by atoms with Gasteiger partial charge in [-0.05, 0) is 35.4 Å². The number of hydrogen-bond donors (Lipinski definition) is 0. The van der Waals surface area contributed by atoms with Gasteiger partial charge in [0.2, 0.25) is 0 Å². The van der Waals surface area contributed by atoms with Crippen molar-refractivity contribution in [1.29, 1.82) is 0 Å². The van der Waals surface area contributed by atoms with E-state index in [1.165, 1.54) is 17.8 Å². The van der Waals surface area contributed by atoms with E-state index in [2.05, 4.69) is 29.2 Å². The molecule has 2 heteroatoms. The van der Waals surface area contributed by atoms with E-state index in [0.717, 1.165) is 11.1 Å². The predicted molar refractivity (Wildman–Crippen MR) is 69.7 cm³/mol. The first kappa shape index (κ1) is 11.6. The summed E-state index contributed by atoms with van der Waals surface area (Å²) in [5.74, 6) is -0.204. The van der Waals surface area contributed by atoms with E-state index >= 15 is 0 Å². The predicted octanol–water partition coefficient (Wildman–Crippen LogP) is 3.49. The summed E-state index contributed by atoms with van der Waals surface area (Å²) in [6.45, 7) is 0. The highest BCUT2D eigenvalue weighted by Gasteiger charge is 1.99. The Morgan fingerprint density at radius 2 is 1.29 bits per heavy atom. The zero-order valence-corrected chi connectivity index (χ0v) is 10.0. The fraction of sp³-hybridized carbons (Fsp3) is 0.133. The summed E-state index contributed by atoms with van der Waals surface area (Å²) in [7, 11) is 4.03. The number of nitrogens with zero attached hydrogens (tertiary/aromatic N) is 1. The normalized spacial score (nSPS) is 10.3. The van der Waals surface area contributed by atoms with Gasteiger partial charge in [-0.3, -0.25) is 0 Å². The van der Waals surface area contributed by atoms with Crippen LogP contribution in [0.1, 0.15) is 11.1 Å². The molecule has 0 saturated carbocycles. The molecule has 1 nitrogen and oxygen atoms in total. The first-order chi connectivity index (χ1) is 8.15. The highest BCUT2D eigenvalue weighted by atomic mass is 19.1. The molecule has 17 heavy (non-hydrogen) atoms. The van der Waals surface area contributed by atoms with Crippen LogP contribution in [-0.4, -0.2) is 14.1 Å². The van der Waals surface area contributed by atoms with Crippen LogP contribution in [0.15, 0.2) is 48.5 Å². The van der Waals surface area contributed by atoms with E-state index in [9.17, 15) is 4.39 Å². The van der Waals surface area contributed by atoms with Crippen LogP contribution < -0.4 is 4.90 Å². The third kappa shape index (κ3) is 3.06. The highest BCUT2D eigenvalue weighted by molar-refractivity contribution is 5.49. The van der Waals surface area contributed by atoms with Crippen molar-refractivity contribution >= 4 is 5.69 Å². The van der Waals surface area contributed by atoms with E-state index in [-0.39, 0.29) is 5.82 Å². The van der Waals surface area contributed by atoms with Gasteiger partial charge < -0.3 is 4.90 Å². The second-order valence-corrected chi connectivity index (χ2v) is 4.18. The Morgan fingerprint density at radius 3 is 1.76 bits per heavy atom. The van der Waals surface area contributed by atoms with E-state index in [1.807, 2.05) is 20.5 Å². The van der Waals surface area contributed by atoms with Gasteiger partial charge in [-0.25, -0.2) is 4.39 Å². The molecule has 0 saturated heterocycles. The molecule has 0 spiro atoms. The molecule has 1 radical (unpaired) electrons. The smallest absolute Gasteiger partial charge is 0.123 e. The zero-order valence-electron chi connectivity index (χ0n) is 10.0. The van der Waals surface area contributed by atoms with E-state index in [1.54, 1.807) is 12.1 Å². The summed E-state index contributed by atoms with van der Waals surface area (Å²) < 4.78 is 12.7. The summed E-state index contributed by atoms with van der Waals surface area (Å²) in [5, 5.41) is 0. The Hall–Kier alpha value is -1.83. The lowest BCUT2D eigenvalue weighted by Gasteiger charge is -2.12. The minimum atomic E-state index is -0.204. The zero-order chi connectivity index (χ0) is 12.3. The van der Waals surface area contributed by atoms with Crippen molar-refractivity contribution in [3.8, 4) is 0 Å². The average molecular weight is 228 g/mol. The van der Waals surface area contributed by atoms with Crippen molar-refractivity contribution < 1.29 is 4.39 Å². The monoisotopic (exact) mass is 228 g/mol. The van der Waals surface area contributed by atoms with Crippen LogP contribution in [0.2, 0.25) is 0 Å². The van der Waals surface area contributed by atoms with Crippen LogP contribution in [0.4, 0.5) is 10.1 Å². The van der Waals surface area contributed by atoms with Crippen molar-refractivity contribution in [3.63, 3.8) is 0 Å². The Kier molecular flexibility index (Phi) is 3.43. The Bertz CT molecular complexity index is 471. The van der Waals surface area contributed by atoms with Crippen LogP contribution in [-0.2, 0) is 0 Å². The standard InChI is InChI=1S/C15H15FN/c1-17(2)15-9-5-13(6-10-15)11-12-3-7-14(16)8-4-12/h3-11H,1-2H3. The van der Waals surface area contributed by atoms with Crippen molar-refractivity contribution in [1.82, 2.24) is 0 Å². The van der Waals surface area contributed by atoms with E-state index in [0.29, 0.717) is 0 Å². The van der Waals surface area contributed by atoms with Crippen molar-refractivity contribution in [2.45, 2.75) is 0 Å². The third-order valence-corrected chi connectivity index (χ3v) is 2.61. The lowest BCUT2D eigenvalue weighted by molar-refractivity contribution is 0.627. The lowest BCUT2D eigenvalue weighted by Crippen LogP contribution is -2.08. The second kappa shape index (κ2) is 5.00. The fourth-order valence-corrected chi connectivity index (χ4v) is 1.62. The number of benzene rings is 2. The molecule has 0 amide bonds. The molecule has 0 aliphatic carbocycles. The first-order valence-electron chi connectivity index (χ1n) is 5.53. The molecule has 2 rings (SSSR count). The fourth-order valence-electron chi connectivity index (χ4n) is 1.62. The summed E-state index contributed by atoms with van der Waals surface area (Å²) in [6, 6.07) is 14.7. The van der Waals surface area contributed by atoms with Crippen LogP contribution in [0.5, 0.6) is 0 Å². The quantitative estimate of drug-likeness (QED) is 0.777. The maximum Gasteiger partial charge on any atom is 0.123 e. The van der Waals surface area contributed by atoms with Crippen molar-refractivity contribution in [2.24, 2.45) is 0 Å². The van der Waals surface area contributed by atoms with Crippen molar-refractivity contribution in [2.75, 3.05) is 19.0 Å². The van der Waals surface area contributed by atoms with Crippen LogP contribution in [0.3, 0.4) is 0 Å². The highest BCUT2D eigenvalue weighted by Crippen LogP contribution is 2.16. The molecule has 0 aromatic heterocycles. The summed E-state index contributed by atoms with van der Waals surface area (Å²) in [6.07, 6.45) is 2.03. The SMILES string of the molecule is CN(C)c1ccc([CH]c2ccc(F)cc2)cc1. The van der Waals surface area contributed by atoms with Crippen LogP contribution in [0, 0.1) is 12.2 Å². The summed E-state index contributed by atoms with van der Waals surface area (Å²) in [4.78, 5) is 2.06. The molecule has 0 heterocycles. The van der Waals surface area contributed by atoms with Gasteiger partial charge in [-0.15, -0.1) is 0 Å². The summed E-state index contributed by atoms with van der Waals surface area (Å²) in [5.41, 5.74) is 3.28. The molecule has 0 unspecified atom stereocenters. The minimum absolute atomic E-state index is 0.204. The van der Waals surface area contributed by atoms with Gasteiger partial charge in [0, 0.05) is 26.2 Å².